The molecular weight excluding hydrogens is 246 g/mol. The largest absolute Gasteiger partial charge is 0.458 e. The Morgan fingerprint density at radius 1 is 1.36 bits per heavy atom. The number of hydrogen-bond acceptors (Lipinski definition) is 2. The van der Waals surface area contributed by atoms with Gasteiger partial charge in [0.15, 0.2) is 0 Å². The fourth-order valence-electron chi connectivity index (χ4n) is 1.69. The number of rotatable bonds is 1. The summed E-state index contributed by atoms with van der Waals surface area (Å²) in [5.74, 6) is 0.425. The molecule has 1 aromatic heterocycles. The molecule has 1 amide bonds. The maximum Gasteiger partial charge on any atom is 0.290 e. The van der Waals surface area contributed by atoms with Gasteiger partial charge in [0, 0.05) is 13.1 Å². The molecule has 76 valence electrons. The Morgan fingerprint density at radius 2 is 2.07 bits per heavy atom. The number of furan rings is 1. The minimum Gasteiger partial charge on any atom is -0.458 e. The molecule has 0 atom stereocenters. The van der Waals surface area contributed by atoms with Crippen LogP contribution in [0.15, 0.2) is 21.2 Å². The summed E-state index contributed by atoms with van der Waals surface area (Å²) in [4.78, 5) is 13.7. The summed E-state index contributed by atoms with van der Waals surface area (Å²) in [7, 11) is 0. The Morgan fingerprint density at radius 3 is 2.64 bits per heavy atom. The smallest absolute Gasteiger partial charge is 0.290 e. The molecule has 2 rings (SSSR count). The van der Waals surface area contributed by atoms with Crippen LogP contribution in [0.2, 0.25) is 0 Å². The Hall–Kier alpha value is -0.770. The lowest BCUT2D eigenvalue weighted by Crippen LogP contribution is -2.35. The van der Waals surface area contributed by atoms with Crippen LogP contribution >= 0.6 is 15.9 Å². The lowest BCUT2D eigenvalue weighted by Gasteiger charge is -2.25. The summed E-state index contributed by atoms with van der Waals surface area (Å²) in [5.41, 5.74) is 0. The van der Waals surface area contributed by atoms with Gasteiger partial charge in [-0.1, -0.05) is 0 Å². The second-order valence-electron chi connectivity index (χ2n) is 3.45. The van der Waals surface area contributed by atoms with Gasteiger partial charge in [-0.05, 0) is 41.3 Å². The van der Waals surface area contributed by atoms with Crippen LogP contribution in [0, 0.1) is 0 Å². The molecular formula is C10H12BrNO2. The number of halogens is 1. The minimum absolute atomic E-state index is 0.00146. The summed E-state index contributed by atoms with van der Waals surface area (Å²) < 4.78 is 5.88. The Bertz CT molecular complexity index is 329. The first-order chi connectivity index (χ1) is 6.79. The second-order valence-corrected chi connectivity index (χ2v) is 4.30. The normalized spacial score (nSPS) is 17.1. The number of piperidine rings is 1. The van der Waals surface area contributed by atoms with Crippen molar-refractivity contribution in [3.63, 3.8) is 0 Å². The van der Waals surface area contributed by atoms with Gasteiger partial charge >= 0.3 is 0 Å². The van der Waals surface area contributed by atoms with Gasteiger partial charge in [-0.25, -0.2) is 0 Å². The zero-order chi connectivity index (χ0) is 9.97. The van der Waals surface area contributed by atoms with E-state index >= 15 is 0 Å². The van der Waals surface area contributed by atoms with Crippen LogP contribution in [0.4, 0.5) is 0 Å². The van der Waals surface area contributed by atoms with Crippen molar-refractivity contribution in [1.29, 1.82) is 0 Å². The minimum atomic E-state index is 0.00146. The van der Waals surface area contributed by atoms with Crippen LogP contribution in [0.25, 0.3) is 0 Å². The van der Waals surface area contributed by atoms with Crippen molar-refractivity contribution in [3.8, 4) is 0 Å². The summed E-state index contributed by atoms with van der Waals surface area (Å²) >= 11 is 3.29. The van der Waals surface area contributed by atoms with E-state index in [4.69, 9.17) is 4.42 Å². The van der Waals surface area contributed by atoms with Gasteiger partial charge in [-0.15, -0.1) is 0 Å². The van der Waals surface area contributed by atoms with Crippen LogP contribution in [0.1, 0.15) is 29.8 Å². The monoisotopic (exact) mass is 257 g/mol. The molecule has 1 fully saturated rings. The van der Waals surface area contributed by atoms with E-state index in [1.54, 1.807) is 6.07 Å². The zero-order valence-electron chi connectivity index (χ0n) is 7.83. The summed E-state index contributed by atoms with van der Waals surface area (Å²) in [6, 6.07) is 1.75. The number of amides is 1. The molecule has 0 radical (unpaired) electrons. The molecule has 1 aliphatic rings. The Kier molecular flexibility index (Phi) is 2.91. The summed E-state index contributed by atoms with van der Waals surface area (Å²) in [6.07, 6.45) is 4.96. The average Bonchev–Trinajstić information content (AvgIpc) is 2.65. The van der Waals surface area contributed by atoms with Crippen molar-refractivity contribution in [2.75, 3.05) is 13.1 Å². The first kappa shape index (κ1) is 9.77. The third-order valence-corrected chi connectivity index (χ3v) is 3.08. The predicted octanol–water partition coefficient (Wildman–Crippen LogP) is 2.67. The number of hydrogen-bond donors (Lipinski definition) is 0. The number of nitrogens with zero attached hydrogens (tertiary/aromatic N) is 1. The molecule has 4 heteroatoms. The van der Waals surface area contributed by atoms with Crippen molar-refractivity contribution < 1.29 is 9.21 Å². The SMILES string of the molecule is O=C(c1occc1Br)N1CCCCC1. The topological polar surface area (TPSA) is 33.5 Å². The highest BCUT2D eigenvalue weighted by atomic mass is 79.9. The zero-order valence-corrected chi connectivity index (χ0v) is 9.42. The van der Waals surface area contributed by atoms with E-state index < -0.39 is 0 Å². The third kappa shape index (κ3) is 1.85. The molecule has 0 aromatic carbocycles. The van der Waals surface area contributed by atoms with Crippen molar-refractivity contribution >= 4 is 21.8 Å². The van der Waals surface area contributed by atoms with Gasteiger partial charge in [0.05, 0.1) is 10.7 Å². The van der Waals surface area contributed by atoms with Gasteiger partial charge in [-0.3, -0.25) is 4.79 Å². The molecule has 0 unspecified atom stereocenters. The summed E-state index contributed by atoms with van der Waals surface area (Å²) in [6.45, 7) is 1.71. The molecule has 1 saturated heterocycles. The first-order valence-electron chi connectivity index (χ1n) is 4.81. The van der Waals surface area contributed by atoms with Crippen molar-refractivity contribution in [2.24, 2.45) is 0 Å². The van der Waals surface area contributed by atoms with Crippen molar-refractivity contribution in [3.05, 3.63) is 22.6 Å². The molecule has 1 aliphatic heterocycles. The van der Waals surface area contributed by atoms with Crippen molar-refractivity contribution in [1.82, 2.24) is 4.90 Å². The van der Waals surface area contributed by atoms with E-state index in [9.17, 15) is 4.79 Å². The fraction of sp³-hybridized carbons (Fsp3) is 0.500. The Balaban J connectivity index is 2.11. The van der Waals surface area contributed by atoms with E-state index in [-0.39, 0.29) is 5.91 Å². The molecule has 0 spiro atoms. The number of likely N-dealkylation sites (tertiary alicyclic amines) is 1. The highest BCUT2D eigenvalue weighted by molar-refractivity contribution is 9.10. The lowest BCUT2D eigenvalue weighted by molar-refractivity contribution is 0.0691. The molecule has 14 heavy (non-hydrogen) atoms. The maximum atomic E-state index is 11.9. The van der Waals surface area contributed by atoms with E-state index in [1.165, 1.54) is 12.7 Å². The van der Waals surface area contributed by atoms with E-state index in [0.717, 1.165) is 30.4 Å². The average molecular weight is 258 g/mol. The predicted molar refractivity (Wildman–Crippen MR) is 56.2 cm³/mol. The molecule has 2 heterocycles. The standard InChI is InChI=1S/C10H12BrNO2/c11-8-4-7-14-9(8)10(13)12-5-2-1-3-6-12/h4,7H,1-3,5-6H2. The Labute approximate surface area is 91.2 Å². The lowest BCUT2D eigenvalue weighted by atomic mass is 10.1. The van der Waals surface area contributed by atoms with Gasteiger partial charge in [0.25, 0.3) is 5.91 Å². The first-order valence-corrected chi connectivity index (χ1v) is 5.60. The van der Waals surface area contributed by atoms with Gasteiger partial charge in [-0.2, -0.15) is 0 Å². The molecule has 0 aliphatic carbocycles. The second kappa shape index (κ2) is 4.17. The molecule has 0 bridgehead atoms. The molecule has 0 N–H and O–H groups in total. The van der Waals surface area contributed by atoms with Crippen molar-refractivity contribution in [2.45, 2.75) is 19.3 Å². The molecule has 1 aromatic rings. The van der Waals surface area contributed by atoms with Crippen LogP contribution in [0.5, 0.6) is 0 Å². The highest BCUT2D eigenvalue weighted by Gasteiger charge is 2.22. The summed E-state index contributed by atoms with van der Waals surface area (Å²) in [5, 5.41) is 0. The van der Waals surface area contributed by atoms with Gasteiger partial charge in [0.2, 0.25) is 5.76 Å². The highest BCUT2D eigenvalue weighted by Crippen LogP contribution is 2.21. The maximum absolute atomic E-state index is 11.9. The van der Waals surface area contributed by atoms with Crippen LogP contribution in [-0.4, -0.2) is 23.9 Å². The van der Waals surface area contributed by atoms with Crippen LogP contribution in [-0.2, 0) is 0 Å². The van der Waals surface area contributed by atoms with E-state index in [0.29, 0.717) is 5.76 Å². The number of carbonyl (C=O) groups is 1. The van der Waals surface area contributed by atoms with E-state index in [2.05, 4.69) is 15.9 Å². The van der Waals surface area contributed by atoms with Gasteiger partial charge in [0.1, 0.15) is 0 Å². The van der Waals surface area contributed by atoms with Crippen LogP contribution < -0.4 is 0 Å². The number of carbonyl (C=O) groups excluding carboxylic acids is 1. The quantitative estimate of drug-likeness (QED) is 0.775. The van der Waals surface area contributed by atoms with E-state index in [1.807, 2.05) is 4.90 Å². The fourth-order valence-corrected chi connectivity index (χ4v) is 2.06. The third-order valence-electron chi connectivity index (χ3n) is 2.45. The van der Waals surface area contributed by atoms with Crippen LogP contribution in [0.3, 0.4) is 0 Å². The van der Waals surface area contributed by atoms with Gasteiger partial charge < -0.3 is 9.32 Å². The molecule has 0 saturated carbocycles. The molecule has 3 nitrogen and oxygen atoms in total.